The van der Waals surface area contributed by atoms with Crippen LogP contribution in [0.25, 0.3) is 0 Å². The van der Waals surface area contributed by atoms with Crippen LogP contribution in [0.4, 0.5) is 11.4 Å². The molecule has 5 heteroatoms. The molecule has 0 N–H and O–H groups in total. The summed E-state index contributed by atoms with van der Waals surface area (Å²) in [6, 6.07) is 13.4. The van der Waals surface area contributed by atoms with Gasteiger partial charge in [0.05, 0.1) is 12.2 Å². The zero-order valence-corrected chi connectivity index (χ0v) is 13.5. The number of amides is 1. The zero-order valence-electron chi connectivity index (χ0n) is 12.0. The molecule has 1 amide bonds. The Morgan fingerprint density at radius 1 is 1.05 bits per heavy atom. The number of hydrogen-bond acceptors (Lipinski definition) is 3. The molecule has 2 heterocycles. The van der Waals surface area contributed by atoms with Gasteiger partial charge in [-0.25, -0.2) is 0 Å². The summed E-state index contributed by atoms with van der Waals surface area (Å²) < 4.78 is 6.71. The van der Waals surface area contributed by atoms with E-state index in [2.05, 4.69) is 20.8 Å². The Morgan fingerprint density at radius 3 is 2.68 bits per heavy atom. The maximum Gasteiger partial charge on any atom is 0.258 e. The fourth-order valence-corrected chi connectivity index (χ4v) is 3.33. The molecule has 0 aromatic heterocycles. The number of ether oxygens (including phenoxy) is 1. The lowest BCUT2D eigenvalue weighted by atomic mass is 10.1. The smallest absolute Gasteiger partial charge is 0.258 e. The highest BCUT2D eigenvalue weighted by atomic mass is 79.9. The van der Waals surface area contributed by atoms with E-state index in [1.165, 1.54) is 0 Å². The van der Waals surface area contributed by atoms with Gasteiger partial charge >= 0.3 is 0 Å². The van der Waals surface area contributed by atoms with Crippen molar-refractivity contribution in [3.8, 4) is 5.75 Å². The quantitative estimate of drug-likeness (QED) is 0.783. The summed E-state index contributed by atoms with van der Waals surface area (Å²) in [5.74, 6) is 0.906. The van der Waals surface area contributed by atoms with Crippen LogP contribution in [-0.2, 0) is 0 Å². The third kappa shape index (κ3) is 2.16. The second kappa shape index (κ2) is 5.32. The molecule has 0 atom stereocenters. The van der Waals surface area contributed by atoms with Crippen LogP contribution in [0, 0.1) is 0 Å². The van der Waals surface area contributed by atoms with Crippen molar-refractivity contribution < 1.29 is 9.53 Å². The minimum Gasteiger partial charge on any atom is -0.489 e. The fraction of sp³-hybridized carbons (Fsp3) is 0.235. The molecule has 0 bridgehead atoms. The van der Waals surface area contributed by atoms with Gasteiger partial charge in [-0.2, -0.15) is 0 Å². The number of nitrogens with zero attached hydrogens (tertiary/aromatic N) is 2. The van der Waals surface area contributed by atoms with E-state index in [9.17, 15) is 4.79 Å². The van der Waals surface area contributed by atoms with Gasteiger partial charge in [0, 0.05) is 23.1 Å². The first kappa shape index (κ1) is 13.6. The first-order valence-electron chi connectivity index (χ1n) is 7.32. The van der Waals surface area contributed by atoms with Crippen LogP contribution < -0.4 is 14.5 Å². The summed E-state index contributed by atoms with van der Waals surface area (Å²) in [7, 11) is 0. The summed E-state index contributed by atoms with van der Waals surface area (Å²) in [6.07, 6.45) is 0. The molecular weight excluding hydrogens is 344 g/mol. The number of carbonyl (C=O) groups is 1. The number of rotatable bonds is 1. The number of para-hydroxylation sites is 1. The van der Waals surface area contributed by atoms with E-state index < -0.39 is 0 Å². The molecule has 4 rings (SSSR count). The fourth-order valence-electron chi connectivity index (χ4n) is 3.06. The molecule has 2 aliphatic rings. The molecule has 4 nitrogen and oxygen atoms in total. The maximum atomic E-state index is 12.8. The van der Waals surface area contributed by atoms with Crippen molar-refractivity contribution in [2.75, 3.05) is 36.0 Å². The van der Waals surface area contributed by atoms with Crippen molar-refractivity contribution in [3.63, 3.8) is 0 Å². The number of carbonyl (C=O) groups excluding carboxylic acids is 1. The molecule has 0 saturated carbocycles. The van der Waals surface area contributed by atoms with Gasteiger partial charge in [0.1, 0.15) is 18.0 Å². The van der Waals surface area contributed by atoms with E-state index in [1.807, 2.05) is 47.4 Å². The Kier molecular flexibility index (Phi) is 3.30. The second-order valence-electron chi connectivity index (χ2n) is 5.42. The Labute approximate surface area is 137 Å². The summed E-state index contributed by atoms with van der Waals surface area (Å²) in [5.41, 5.74) is 2.69. The standard InChI is InChI=1S/C17H15BrN2O2/c18-13-6-4-12(5-7-13)17(21)20-9-8-19-10-11-22-15-3-1-2-14(20)16(15)19/h1-7H,8-11H2. The minimum atomic E-state index is 0.0334. The van der Waals surface area contributed by atoms with Crippen LogP contribution in [0.5, 0.6) is 5.75 Å². The van der Waals surface area contributed by atoms with E-state index in [-0.39, 0.29) is 5.91 Å². The molecule has 0 unspecified atom stereocenters. The van der Waals surface area contributed by atoms with Crippen LogP contribution in [0.15, 0.2) is 46.9 Å². The average Bonchev–Trinajstić information content (AvgIpc) is 2.56. The molecule has 0 fully saturated rings. The first-order valence-corrected chi connectivity index (χ1v) is 8.11. The second-order valence-corrected chi connectivity index (χ2v) is 6.34. The maximum absolute atomic E-state index is 12.8. The van der Waals surface area contributed by atoms with Gasteiger partial charge in [0.15, 0.2) is 0 Å². The Bertz CT molecular complexity index is 730. The van der Waals surface area contributed by atoms with E-state index in [1.54, 1.807) is 0 Å². The molecule has 0 radical (unpaired) electrons. The summed E-state index contributed by atoms with van der Waals surface area (Å²) in [6.45, 7) is 3.13. The number of halogens is 1. The normalized spacial score (nSPS) is 16.0. The summed E-state index contributed by atoms with van der Waals surface area (Å²) >= 11 is 3.40. The predicted octanol–water partition coefficient (Wildman–Crippen LogP) is 3.31. The minimum absolute atomic E-state index is 0.0334. The van der Waals surface area contributed by atoms with Gasteiger partial charge in [0.25, 0.3) is 5.91 Å². The lowest BCUT2D eigenvalue weighted by Gasteiger charge is -2.41. The van der Waals surface area contributed by atoms with Crippen LogP contribution in [-0.4, -0.2) is 32.1 Å². The van der Waals surface area contributed by atoms with E-state index in [0.29, 0.717) is 18.7 Å². The van der Waals surface area contributed by atoms with Crippen LogP contribution in [0.2, 0.25) is 0 Å². The molecule has 22 heavy (non-hydrogen) atoms. The van der Waals surface area contributed by atoms with Gasteiger partial charge in [-0.3, -0.25) is 4.79 Å². The lowest BCUT2D eigenvalue weighted by Crippen LogP contribution is -2.47. The van der Waals surface area contributed by atoms with Crippen molar-refractivity contribution in [2.24, 2.45) is 0 Å². The highest BCUT2D eigenvalue weighted by Gasteiger charge is 2.31. The van der Waals surface area contributed by atoms with E-state index in [4.69, 9.17) is 4.74 Å². The Morgan fingerprint density at radius 2 is 1.86 bits per heavy atom. The molecule has 2 aliphatic heterocycles. The first-order chi connectivity index (χ1) is 10.7. The molecule has 0 spiro atoms. The van der Waals surface area contributed by atoms with Crippen molar-refractivity contribution >= 4 is 33.2 Å². The van der Waals surface area contributed by atoms with Gasteiger partial charge in [-0.05, 0) is 36.4 Å². The molecule has 112 valence electrons. The zero-order chi connectivity index (χ0) is 15.1. The van der Waals surface area contributed by atoms with Gasteiger partial charge in [-0.15, -0.1) is 0 Å². The number of benzene rings is 2. The van der Waals surface area contributed by atoms with Crippen molar-refractivity contribution in [1.29, 1.82) is 0 Å². The Hall–Kier alpha value is -2.01. The van der Waals surface area contributed by atoms with Crippen LogP contribution in [0.1, 0.15) is 10.4 Å². The van der Waals surface area contributed by atoms with Crippen LogP contribution >= 0.6 is 15.9 Å². The summed E-state index contributed by atoms with van der Waals surface area (Å²) in [5, 5.41) is 0. The van der Waals surface area contributed by atoms with Crippen LogP contribution in [0.3, 0.4) is 0 Å². The largest absolute Gasteiger partial charge is 0.489 e. The highest BCUT2D eigenvalue weighted by Crippen LogP contribution is 2.42. The Balaban J connectivity index is 1.75. The van der Waals surface area contributed by atoms with Gasteiger partial charge in [-0.1, -0.05) is 22.0 Å². The third-order valence-corrected chi connectivity index (χ3v) is 4.66. The van der Waals surface area contributed by atoms with Crippen molar-refractivity contribution in [2.45, 2.75) is 0 Å². The molecule has 2 aromatic carbocycles. The van der Waals surface area contributed by atoms with E-state index >= 15 is 0 Å². The highest BCUT2D eigenvalue weighted by molar-refractivity contribution is 9.10. The number of anilines is 2. The van der Waals surface area contributed by atoms with E-state index in [0.717, 1.165) is 34.7 Å². The topological polar surface area (TPSA) is 32.8 Å². The molecular formula is C17H15BrN2O2. The molecule has 2 aromatic rings. The van der Waals surface area contributed by atoms with Gasteiger partial charge < -0.3 is 14.5 Å². The van der Waals surface area contributed by atoms with Gasteiger partial charge in [0.2, 0.25) is 0 Å². The van der Waals surface area contributed by atoms with Crippen molar-refractivity contribution in [3.05, 3.63) is 52.5 Å². The SMILES string of the molecule is O=C(c1ccc(Br)cc1)N1CCN2CCOc3cccc1c32. The van der Waals surface area contributed by atoms with Crippen molar-refractivity contribution in [1.82, 2.24) is 0 Å². The third-order valence-electron chi connectivity index (χ3n) is 4.13. The average molecular weight is 359 g/mol. The predicted molar refractivity (Wildman–Crippen MR) is 90.0 cm³/mol. The number of hydrogen-bond donors (Lipinski definition) is 0. The summed E-state index contributed by atoms with van der Waals surface area (Å²) in [4.78, 5) is 17.0. The molecule has 0 aliphatic carbocycles. The molecule has 0 saturated heterocycles. The monoisotopic (exact) mass is 358 g/mol. The lowest BCUT2D eigenvalue weighted by molar-refractivity contribution is 0.0986.